The number of hydrogen-bond acceptors (Lipinski definition) is 4. The lowest BCUT2D eigenvalue weighted by molar-refractivity contribution is 0.0697. The summed E-state index contributed by atoms with van der Waals surface area (Å²) < 4.78 is 0. The lowest BCUT2D eigenvalue weighted by atomic mass is 10.2. The predicted octanol–water partition coefficient (Wildman–Crippen LogP) is 2.09. The molecule has 1 aliphatic heterocycles. The number of carboxylic acids is 1. The van der Waals surface area contributed by atoms with Gasteiger partial charge in [-0.2, -0.15) is 11.8 Å². The maximum Gasteiger partial charge on any atom is 0.339 e. The Morgan fingerprint density at radius 2 is 2.56 bits per heavy atom. The highest BCUT2D eigenvalue weighted by Crippen LogP contribution is 2.26. The molecule has 0 radical (unpaired) electrons. The first kappa shape index (κ1) is 11.3. The number of pyridine rings is 1. The molecule has 0 saturated carbocycles. The average Bonchev–Trinajstić information content (AvgIpc) is 2.79. The molecule has 0 amide bonds. The molecule has 1 aliphatic rings. The van der Waals surface area contributed by atoms with Crippen molar-refractivity contribution in [2.24, 2.45) is 0 Å². The van der Waals surface area contributed by atoms with Crippen LogP contribution in [0.4, 0.5) is 5.69 Å². The Labute approximate surface area is 98.5 Å². The summed E-state index contributed by atoms with van der Waals surface area (Å²) in [5.74, 6) is 0.281. The molecule has 0 aliphatic carbocycles. The molecule has 2 N–H and O–H groups in total. The van der Waals surface area contributed by atoms with E-state index in [2.05, 4.69) is 10.3 Å². The number of rotatable bonds is 4. The number of hydrogen-bond donors (Lipinski definition) is 2. The zero-order chi connectivity index (χ0) is 11.4. The van der Waals surface area contributed by atoms with E-state index in [1.807, 2.05) is 11.8 Å². The van der Waals surface area contributed by atoms with E-state index >= 15 is 0 Å². The summed E-state index contributed by atoms with van der Waals surface area (Å²) in [6, 6.07) is 1.71. The Kier molecular flexibility index (Phi) is 3.66. The van der Waals surface area contributed by atoms with Crippen LogP contribution in [-0.4, -0.2) is 33.6 Å². The number of carboxylic acid groups (broad SMARTS) is 1. The van der Waals surface area contributed by atoms with Gasteiger partial charge in [0.2, 0.25) is 0 Å². The number of anilines is 1. The quantitative estimate of drug-likeness (QED) is 0.841. The van der Waals surface area contributed by atoms with Crippen LogP contribution in [0.25, 0.3) is 0 Å². The fourth-order valence-electron chi connectivity index (χ4n) is 1.75. The largest absolute Gasteiger partial charge is 0.478 e. The van der Waals surface area contributed by atoms with Crippen LogP contribution >= 0.6 is 11.8 Å². The fraction of sp³-hybridized carbons (Fsp3) is 0.455. The predicted molar refractivity (Wildman–Crippen MR) is 65.2 cm³/mol. The standard InChI is InChI=1S/C11H14N2O2S/c14-11(15)9-7-12-4-3-10(9)13-6-8-2-1-5-16-8/h3-4,7-8H,1-2,5-6H2,(H,12,13)(H,14,15). The Morgan fingerprint density at radius 3 is 3.25 bits per heavy atom. The van der Waals surface area contributed by atoms with E-state index in [4.69, 9.17) is 5.11 Å². The zero-order valence-electron chi connectivity index (χ0n) is 8.85. The molecular weight excluding hydrogens is 224 g/mol. The minimum Gasteiger partial charge on any atom is -0.478 e. The third-order valence-electron chi connectivity index (χ3n) is 2.60. The summed E-state index contributed by atoms with van der Waals surface area (Å²) >= 11 is 1.95. The normalized spacial score (nSPS) is 19.6. The van der Waals surface area contributed by atoms with Gasteiger partial charge < -0.3 is 10.4 Å². The number of nitrogens with zero attached hydrogens (tertiary/aromatic N) is 1. The van der Waals surface area contributed by atoms with E-state index in [-0.39, 0.29) is 5.56 Å². The van der Waals surface area contributed by atoms with E-state index in [9.17, 15) is 4.79 Å². The molecular formula is C11H14N2O2S. The van der Waals surface area contributed by atoms with Gasteiger partial charge in [0.25, 0.3) is 0 Å². The van der Waals surface area contributed by atoms with Gasteiger partial charge in [-0.3, -0.25) is 4.98 Å². The van der Waals surface area contributed by atoms with Crippen LogP contribution in [0.1, 0.15) is 23.2 Å². The van der Waals surface area contributed by atoms with Crippen molar-refractivity contribution in [3.05, 3.63) is 24.0 Å². The molecule has 1 atom stereocenters. The smallest absolute Gasteiger partial charge is 0.339 e. The summed E-state index contributed by atoms with van der Waals surface area (Å²) in [6.07, 6.45) is 5.47. The SMILES string of the molecule is O=C(O)c1cnccc1NCC1CCCS1. The molecule has 2 heterocycles. The molecule has 1 saturated heterocycles. The molecule has 0 bridgehead atoms. The molecule has 1 aromatic rings. The fourth-order valence-corrected chi connectivity index (χ4v) is 2.95. The topological polar surface area (TPSA) is 62.2 Å². The van der Waals surface area contributed by atoms with Crippen LogP contribution in [0.5, 0.6) is 0 Å². The number of thioether (sulfide) groups is 1. The third kappa shape index (κ3) is 2.66. The van der Waals surface area contributed by atoms with Crippen molar-refractivity contribution >= 4 is 23.4 Å². The summed E-state index contributed by atoms with van der Waals surface area (Å²) in [7, 11) is 0. The average molecular weight is 238 g/mol. The molecule has 4 nitrogen and oxygen atoms in total. The van der Waals surface area contributed by atoms with Crippen LogP contribution < -0.4 is 5.32 Å². The highest BCUT2D eigenvalue weighted by molar-refractivity contribution is 8.00. The Hall–Kier alpha value is -1.23. The van der Waals surface area contributed by atoms with E-state index < -0.39 is 5.97 Å². The van der Waals surface area contributed by atoms with Gasteiger partial charge in [-0.25, -0.2) is 4.79 Å². The monoisotopic (exact) mass is 238 g/mol. The number of aromatic nitrogens is 1. The number of carbonyl (C=O) groups is 1. The van der Waals surface area contributed by atoms with Gasteiger partial charge >= 0.3 is 5.97 Å². The van der Waals surface area contributed by atoms with Crippen LogP contribution in [-0.2, 0) is 0 Å². The maximum absolute atomic E-state index is 10.9. The van der Waals surface area contributed by atoms with Crippen molar-refractivity contribution in [3.63, 3.8) is 0 Å². The van der Waals surface area contributed by atoms with Gasteiger partial charge in [0.05, 0.1) is 5.69 Å². The molecule has 0 aromatic carbocycles. The molecule has 86 valence electrons. The lowest BCUT2D eigenvalue weighted by Crippen LogP contribution is -2.15. The van der Waals surface area contributed by atoms with E-state index in [0.717, 1.165) is 6.54 Å². The highest BCUT2D eigenvalue weighted by Gasteiger charge is 2.16. The highest BCUT2D eigenvalue weighted by atomic mass is 32.2. The lowest BCUT2D eigenvalue weighted by Gasteiger charge is -2.12. The van der Waals surface area contributed by atoms with E-state index in [1.54, 1.807) is 12.3 Å². The summed E-state index contributed by atoms with van der Waals surface area (Å²) in [5.41, 5.74) is 0.903. The van der Waals surface area contributed by atoms with Crippen LogP contribution in [0.15, 0.2) is 18.5 Å². The van der Waals surface area contributed by atoms with Gasteiger partial charge in [-0.05, 0) is 24.7 Å². The second-order valence-electron chi connectivity index (χ2n) is 3.74. The van der Waals surface area contributed by atoms with Crippen LogP contribution in [0, 0.1) is 0 Å². The van der Waals surface area contributed by atoms with Crippen molar-refractivity contribution in [2.45, 2.75) is 18.1 Å². The van der Waals surface area contributed by atoms with Crippen molar-refractivity contribution in [1.82, 2.24) is 4.98 Å². The van der Waals surface area contributed by atoms with E-state index in [0.29, 0.717) is 10.9 Å². The summed E-state index contributed by atoms with van der Waals surface area (Å²) in [5, 5.41) is 12.8. The molecule has 0 spiro atoms. The molecule has 5 heteroatoms. The Bertz CT molecular complexity index is 378. The second-order valence-corrected chi connectivity index (χ2v) is 5.15. The first-order valence-corrected chi connectivity index (χ1v) is 6.35. The Balaban J connectivity index is 2.00. The molecule has 1 aromatic heterocycles. The van der Waals surface area contributed by atoms with Crippen molar-refractivity contribution < 1.29 is 9.90 Å². The van der Waals surface area contributed by atoms with Gasteiger partial charge in [0, 0.05) is 24.2 Å². The minimum atomic E-state index is -0.935. The number of aromatic carboxylic acids is 1. The van der Waals surface area contributed by atoms with Crippen LogP contribution in [0.2, 0.25) is 0 Å². The zero-order valence-corrected chi connectivity index (χ0v) is 9.67. The second kappa shape index (κ2) is 5.21. The summed E-state index contributed by atoms with van der Waals surface area (Å²) in [4.78, 5) is 14.8. The van der Waals surface area contributed by atoms with Gasteiger partial charge in [0.1, 0.15) is 5.56 Å². The molecule has 1 fully saturated rings. The third-order valence-corrected chi connectivity index (χ3v) is 3.99. The van der Waals surface area contributed by atoms with Crippen molar-refractivity contribution in [1.29, 1.82) is 0 Å². The minimum absolute atomic E-state index is 0.241. The maximum atomic E-state index is 10.9. The van der Waals surface area contributed by atoms with Crippen LogP contribution in [0.3, 0.4) is 0 Å². The number of nitrogens with one attached hydrogen (secondary N) is 1. The summed E-state index contributed by atoms with van der Waals surface area (Å²) in [6.45, 7) is 0.828. The van der Waals surface area contributed by atoms with Gasteiger partial charge in [0.15, 0.2) is 0 Å². The first-order valence-electron chi connectivity index (χ1n) is 5.30. The van der Waals surface area contributed by atoms with Gasteiger partial charge in [-0.15, -0.1) is 0 Å². The van der Waals surface area contributed by atoms with E-state index in [1.165, 1.54) is 24.8 Å². The van der Waals surface area contributed by atoms with Crippen molar-refractivity contribution in [3.8, 4) is 0 Å². The van der Waals surface area contributed by atoms with Crippen molar-refractivity contribution in [2.75, 3.05) is 17.6 Å². The molecule has 1 unspecified atom stereocenters. The Morgan fingerprint density at radius 1 is 1.69 bits per heavy atom. The molecule has 2 rings (SSSR count). The molecule has 16 heavy (non-hydrogen) atoms. The van der Waals surface area contributed by atoms with Gasteiger partial charge in [-0.1, -0.05) is 0 Å². The first-order chi connectivity index (χ1) is 7.77.